The number of aromatic nitrogens is 4. The van der Waals surface area contributed by atoms with Crippen molar-refractivity contribution in [3.8, 4) is 11.5 Å². The minimum absolute atomic E-state index is 0.109. The molecule has 13 heteroatoms. The Kier molecular flexibility index (Phi) is 9.81. The maximum absolute atomic E-state index is 13.8. The van der Waals surface area contributed by atoms with Crippen molar-refractivity contribution < 1.29 is 28.8 Å². The summed E-state index contributed by atoms with van der Waals surface area (Å²) in [6.45, 7) is 1.82. The average Bonchev–Trinajstić information content (AvgIpc) is 3.69. The Morgan fingerprint density at radius 1 is 0.893 bits per heavy atom. The highest BCUT2D eigenvalue weighted by molar-refractivity contribution is 6.04. The number of aliphatic hydroxyl groups is 1. The van der Waals surface area contributed by atoms with Gasteiger partial charge in [-0.15, -0.1) is 0 Å². The molecule has 284 valence electrons. The van der Waals surface area contributed by atoms with Gasteiger partial charge in [-0.25, -0.2) is 14.8 Å². The van der Waals surface area contributed by atoms with Gasteiger partial charge in [0, 0.05) is 23.5 Å². The highest BCUT2D eigenvalue weighted by atomic mass is 16.6. The van der Waals surface area contributed by atoms with E-state index < -0.39 is 41.2 Å². The first-order chi connectivity index (χ1) is 27.3. The third kappa shape index (κ3) is 6.45. The minimum Gasteiger partial charge on any atom is -0.497 e. The standard InChI is InChI=1S/C43H40N6O7/c1-28-24-48(41(52)47-38(28)46-39(51)29-10-6-4-7-11-29)40-36-37(50)42(56-40,25-49(36)35-22-23-44-27-45-35)26-55-43(30-12-8-5-9-13-30,31-14-18-33(53-2)19-15-31)32-16-20-34(54-3)21-17-32/h4-24,27,36-37,40,50H,25-26H2,1-3H3,(H,46,47,51,52)/t36-,37+,40-,42-/m1/s1. The van der Waals surface area contributed by atoms with Crippen LogP contribution in [0.5, 0.6) is 11.5 Å². The highest BCUT2D eigenvalue weighted by Crippen LogP contribution is 2.50. The van der Waals surface area contributed by atoms with E-state index in [0.29, 0.717) is 28.4 Å². The zero-order valence-corrected chi connectivity index (χ0v) is 31.0. The molecule has 1 amide bonds. The zero-order valence-electron chi connectivity index (χ0n) is 31.0. The number of fused-ring (bicyclic) bond motifs is 2. The van der Waals surface area contributed by atoms with Gasteiger partial charge in [0.25, 0.3) is 5.91 Å². The minimum atomic E-state index is -1.35. The van der Waals surface area contributed by atoms with Gasteiger partial charge in [0.15, 0.2) is 6.23 Å². The molecule has 4 atom stereocenters. The van der Waals surface area contributed by atoms with Gasteiger partial charge in [0.2, 0.25) is 0 Å². The Hall–Kier alpha value is -6.41. The number of hydrogen-bond acceptors (Lipinski definition) is 11. The molecule has 4 aromatic carbocycles. The van der Waals surface area contributed by atoms with Crippen molar-refractivity contribution in [2.45, 2.75) is 36.5 Å². The van der Waals surface area contributed by atoms with Crippen molar-refractivity contribution in [3.05, 3.63) is 172 Å². The summed E-state index contributed by atoms with van der Waals surface area (Å²) in [5.74, 6) is 1.64. The second-order valence-corrected chi connectivity index (χ2v) is 13.8. The molecule has 0 aliphatic carbocycles. The molecule has 0 saturated carbocycles. The summed E-state index contributed by atoms with van der Waals surface area (Å²) in [7, 11) is 3.23. The number of methoxy groups -OCH3 is 2. The fraction of sp³-hybridized carbons (Fsp3) is 0.233. The Morgan fingerprint density at radius 2 is 1.50 bits per heavy atom. The molecule has 0 spiro atoms. The van der Waals surface area contributed by atoms with Gasteiger partial charge in [-0.05, 0) is 66.1 Å². The molecule has 13 nitrogen and oxygen atoms in total. The quantitative estimate of drug-likeness (QED) is 0.160. The molecule has 6 aromatic rings. The Morgan fingerprint density at radius 3 is 2.09 bits per heavy atom. The summed E-state index contributed by atoms with van der Waals surface area (Å²) in [5, 5.41) is 15.1. The molecule has 8 rings (SSSR count). The van der Waals surface area contributed by atoms with Gasteiger partial charge in [-0.3, -0.25) is 9.36 Å². The number of carbonyl (C=O) groups is 1. The topological polar surface area (TPSA) is 150 Å². The Balaban J connectivity index is 1.20. The lowest BCUT2D eigenvalue weighted by Crippen LogP contribution is -2.51. The summed E-state index contributed by atoms with van der Waals surface area (Å²) in [4.78, 5) is 41.6. The molecule has 4 heterocycles. The van der Waals surface area contributed by atoms with Gasteiger partial charge >= 0.3 is 5.69 Å². The van der Waals surface area contributed by atoms with E-state index in [1.165, 1.54) is 10.9 Å². The molecular formula is C43H40N6O7. The summed E-state index contributed by atoms with van der Waals surface area (Å²) in [6, 6.07) is 34.8. The maximum Gasteiger partial charge on any atom is 0.351 e. The number of carbonyl (C=O) groups excluding carboxylic acids is 1. The molecule has 2 bridgehead atoms. The Bertz CT molecular complexity index is 2320. The lowest BCUT2D eigenvalue weighted by molar-refractivity contribution is -0.159. The lowest BCUT2D eigenvalue weighted by Gasteiger charge is -2.41. The van der Waals surface area contributed by atoms with Crippen molar-refractivity contribution in [3.63, 3.8) is 0 Å². The SMILES string of the molecule is COc1ccc(C(OC[C@@]23CN(c4ccncn4)[C@@H]([C@H](n4cc(C)c(NC(=O)c5ccccc5)nc4=O)O2)[C@@H]3O)(c2ccccc2)c2ccc(OC)cc2)cc1. The summed E-state index contributed by atoms with van der Waals surface area (Å²) < 4.78 is 26.5. The number of benzene rings is 4. The molecule has 2 N–H and O–H groups in total. The number of nitrogens with zero attached hydrogens (tertiary/aromatic N) is 5. The zero-order chi connectivity index (χ0) is 38.9. The van der Waals surface area contributed by atoms with Crippen LogP contribution >= 0.6 is 0 Å². The van der Waals surface area contributed by atoms with Crippen LogP contribution in [0.3, 0.4) is 0 Å². The highest BCUT2D eigenvalue weighted by Gasteiger charge is 2.65. The van der Waals surface area contributed by atoms with E-state index in [1.807, 2.05) is 89.8 Å². The molecule has 56 heavy (non-hydrogen) atoms. The van der Waals surface area contributed by atoms with Crippen molar-refractivity contribution >= 4 is 17.5 Å². The second-order valence-electron chi connectivity index (χ2n) is 13.8. The number of aliphatic hydroxyl groups excluding tert-OH is 1. The molecule has 2 aliphatic rings. The molecular weight excluding hydrogens is 713 g/mol. The largest absolute Gasteiger partial charge is 0.497 e. The van der Waals surface area contributed by atoms with Gasteiger partial charge in [-0.1, -0.05) is 72.8 Å². The van der Waals surface area contributed by atoms with Crippen LogP contribution in [0.25, 0.3) is 0 Å². The van der Waals surface area contributed by atoms with Crippen LogP contribution in [-0.4, -0.2) is 75.7 Å². The van der Waals surface area contributed by atoms with E-state index >= 15 is 0 Å². The third-order valence-corrected chi connectivity index (χ3v) is 10.6. The van der Waals surface area contributed by atoms with Crippen molar-refractivity contribution in [2.75, 3.05) is 37.6 Å². The number of anilines is 2. The van der Waals surface area contributed by atoms with E-state index in [4.69, 9.17) is 18.9 Å². The second kappa shape index (κ2) is 15.0. The molecule has 2 fully saturated rings. The monoisotopic (exact) mass is 752 g/mol. The molecule has 0 unspecified atom stereocenters. The van der Waals surface area contributed by atoms with Crippen LogP contribution in [0.4, 0.5) is 11.6 Å². The third-order valence-electron chi connectivity index (χ3n) is 10.6. The van der Waals surface area contributed by atoms with Crippen molar-refractivity contribution in [2.24, 2.45) is 0 Å². The maximum atomic E-state index is 13.8. The number of morpholine rings is 1. The first kappa shape index (κ1) is 36.6. The number of nitrogens with one attached hydrogen (secondary N) is 1. The van der Waals surface area contributed by atoms with Crippen LogP contribution in [0, 0.1) is 6.92 Å². The molecule has 2 saturated heterocycles. The molecule has 0 radical (unpaired) electrons. The normalized spacial score (nSPS) is 20.1. The van der Waals surface area contributed by atoms with E-state index in [0.717, 1.165) is 16.7 Å². The van der Waals surface area contributed by atoms with E-state index in [9.17, 15) is 14.7 Å². The predicted molar refractivity (Wildman–Crippen MR) is 208 cm³/mol. The van der Waals surface area contributed by atoms with Crippen molar-refractivity contribution in [1.29, 1.82) is 0 Å². The summed E-state index contributed by atoms with van der Waals surface area (Å²) in [6.07, 6.45) is 2.48. The summed E-state index contributed by atoms with van der Waals surface area (Å²) in [5.41, 5.74) is 0.169. The van der Waals surface area contributed by atoms with Crippen molar-refractivity contribution in [1.82, 2.24) is 19.5 Å². The number of hydrogen-bond donors (Lipinski definition) is 2. The number of ether oxygens (including phenoxy) is 4. The fourth-order valence-electron chi connectivity index (χ4n) is 7.72. The predicted octanol–water partition coefficient (Wildman–Crippen LogP) is 5.14. The van der Waals surface area contributed by atoms with E-state index in [-0.39, 0.29) is 19.0 Å². The first-order valence-electron chi connectivity index (χ1n) is 18.1. The van der Waals surface area contributed by atoms with Crippen LogP contribution in [0.2, 0.25) is 0 Å². The molecule has 2 aromatic heterocycles. The van der Waals surface area contributed by atoms with Gasteiger partial charge in [-0.2, -0.15) is 4.98 Å². The number of rotatable bonds is 12. The number of aryl methyl sites for hydroxylation is 1. The fourth-order valence-corrected chi connectivity index (χ4v) is 7.72. The van der Waals surface area contributed by atoms with Gasteiger partial charge < -0.3 is 34.3 Å². The van der Waals surface area contributed by atoms with Crippen LogP contribution in [-0.2, 0) is 15.1 Å². The van der Waals surface area contributed by atoms with Crippen LogP contribution < -0.4 is 25.4 Å². The van der Waals surface area contributed by atoms with E-state index in [1.54, 1.807) is 63.9 Å². The number of amides is 1. The van der Waals surface area contributed by atoms with Crippen LogP contribution in [0.1, 0.15) is 38.8 Å². The average molecular weight is 753 g/mol. The van der Waals surface area contributed by atoms with E-state index in [2.05, 4.69) is 20.3 Å². The van der Waals surface area contributed by atoms with Crippen LogP contribution in [0.15, 0.2) is 139 Å². The lowest BCUT2D eigenvalue weighted by atomic mass is 9.79. The first-order valence-corrected chi connectivity index (χ1v) is 18.1. The smallest absolute Gasteiger partial charge is 0.351 e. The molecule has 2 aliphatic heterocycles. The van der Waals surface area contributed by atoms with Gasteiger partial charge in [0.1, 0.15) is 52.8 Å². The Labute approximate surface area is 323 Å². The summed E-state index contributed by atoms with van der Waals surface area (Å²) >= 11 is 0. The van der Waals surface area contributed by atoms with Gasteiger partial charge in [0.05, 0.1) is 27.4 Å².